The van der Waals surface area contributed by atoms with Crippen LogP contribution in [0.25, 0.3) is 0 Å². The molecule has 5 heteroatoms. The lowest BCUT2D eigenvalue weighted by molar-refractivity contribution is -0.119. The van der Waals surface area contributed by atoms with E-state index >= 15 is 0 Å². The van der Waals surface area contributed by atoms with Gasteiger partial charge in [0, 0.05) is 17.2 Å². The Kier molecular flexibility index (Phi) is 4.01. The van der Waals surface area contributed by atoms with Crippen molar-refractivity contribution < 1.29 is 18.5 Å². The van der Waals surface area contributed by atoms with Gasteiger partial charge in [0.1, 0.15) is 11.0 Å². The Morgan fingerprint density at radius 2 is 1.80 bits per heavy atom. The molecule has 0 bridgehead atoms. The zero-order valence-corrected chi connectivity index (χ0v) is 12.2. The first-order valence-electron chi connectivity index (χ1n) is 6.90. The Bertz CT molecular complexity index is 519. The zero-order chi connectivity index (χ0) is 14.1. The molecule has 1 saturated heterocycles. The van der Waals surface area contributed by atoms with Crippen molar-refractivity contribution >= 4 is 16.6 Å². The van der Waals surface area contributed by atoms with Crippen LogP contribution in [0.1, 0.15) is 18.4 Å². The summed E-state index contributed by atoms with van der Waals surface area (Å²) < 4.78 is 23.7. The number of ketones is 1. The summed E-state index contributed by atoms with van der Waals surface area (Å²) in [6.07, 6.45) is 0.794. The topological polar surface area (TPSA) is 52.6 Å². The van der Waals surface area contributed by atoms with E-state index in [0.717, 1.165) is 5.56 Å². The number of benzene rings is 1. The maximum Gasteiger partial charge on any atom is 0.162 e. The minimum Gasteiger partial charge on any atom is -0.350 e. The van der Waals surface area contributed by atoms with Crippen LogP contribution in [0.4, 0.5) is 0 Å². The summed E-state index contributed by atoms with van der Waals surface area (Å²) in [4.78, 5) is 12.8. The molecule has 108 valence electrons. The van der Waals surface area contributed by atoms with E-state index in [1.54, 1.807) is 0 Å². The average molecular weight is 294 g/mol. The van der Waals surface area contributed by atoms with Crippen LogP contribution < -0.4 is 0 Å². The molecular formula is C15H18O4S. The number of ether oxygens (including phenoxy) is 2. The molecule has 0 aromatic heterocycles. The molecule has 0 spiro atoms. The first kappa shape index (κ1) is 13.9. The number of hydrogen-bond acceptors (Lipinski definition) is 4. The standard InChI is InChI=1S/C15H18O4S/c1-10-2-4-11(5-3-10)20(17)14-12(6-7-13(14)16)15-18-8-9-19-15/h2-5,12,14-15H,6-9H2,1H3/t12-,14?,20?/m1/s1. The predicted octanol–water partition coefficient (Wildman–Crippen LogP) is 1.82. The van der Waals surface area contributed by atoms with Crippen LogP contribution in [0.3, 0.4) is 0 Å². The molecule has 3 atom stereocenters. The molecule has 2 aliphatic rings. The maximum absolute atomic E-state index is 12.7. The number of carbonyl (C=O) groups excluding carboxylic acids is 1. The van der Waals surface area contributed by atoms with Crippen molar-refractivity contribution in [2.75, 3.05) is 13.2 Å². The number of carbonyl (C=O) groups is 1. The van der Waals surface area contributed by atoms with Crippen molar-refractivity contribution in [3.05, 3.63) is 29.8 Å². The van der Waals surface area contributed by atoms with Crippen LogP contribution >= 0.6 is 0 Å². The van der Waals surface area contributed by atoms with E-state index in [-0.39, 0.29) is 18.0 Å². The molecule has 1 aromatic rings. The molecular weight excluding hydrogens is 276 g/mol. The average Bonchev–Trinajstić information content (AvgIpc) is 3.07. The number of Topliss-reactive ketones (excluding diaryl/α,β-unsaturated/α-hetero) is 1. The van der Waals surface area contributed by atoms with Gasteiger partial charge in [-0.05, 0) is 25.5 Å². The van der Waals surface area contributed by atoms with E-state index in [2.05, 4.69) is 0 Å². The molecule has 1 aromatic carbocycles. The Hall–Kier alpha value is -1.04. The highest BCUT2D eigenvalue weighted by Gasteiger charge is 2.45. The van der Waals surface area contributed by atoms with Gasteiger partial charge in [0.15, 0.2) is 6.29 Å². The molecule has 1 aliphatic heterocycles. The summed E-state index contributed by atoms with van der Waals surface area (Å²) in [5.41, 5.74) is 1.11. The zero-order valence-electron chi connectivity index (χ0n) is 11.4. The van der Waals surface area contributed by atoms with Crippen LogP contribution in [-0.4, -0.2) is 34.7 Å². The summed E-state index contributed by atoms with van der Waals surface area (Å²) in [6, 6.07) is 7.52. The molecule has 0 N–H and O–H groups in total. The smallest absolute Gasteiger partial charge is 0.162 e. The largest absolute Gasteiger partial charge is 0.350 e. The molecule has 1 aliphatic carbocycles. The van der Waals surface area contributed by atoms with Gasteiger partial charge in [0.05, 0.1) is 24.0 Å². The monoisotopic (exact) mass is 294 g/mol. The predicted molar refractivity (Wildman–Crippen MR) is 74.8 cm³/mol. The second kappa shape index (κ2) is 5.76. The van der Waals surface area contributed by atoms with Crippen LogP contribution in [0.2, 0.25) is 0 Å². The normalized spacial score (nSPS) is 28.9. The second-order valence-corrected chi connectivity index (χ2v) is 6.88. The molecule has 1 heterocycles. The van der Waals surface area contributed by atoms with Crippen molar-refractivity contribution in [1.82, 2.24) is 0 Å². The third-order valence-corrected chi connectivity index (χ3v) is 5.72. The summed E-state index contributed by atoms with van der Waals surface area (Å²) in [6.45, 7) is 3.09. The van der Waals surface area contributed by atoms with Crippen LogP contribution in [0.5, 0.6) is 0 Å². The van der Waals surface area contributed by atoms with E-state index in [0.29, 0.717) is 31.0 Å². The van der Waals surface area contributed by atoms with Gasteiger partial charge in [-0.2, -0.15) is 0 Å². The molecule has 4 nitrogen and oxygen atoms in total. The number of aryl methyl sites for hydroxylation is 1. The maximum atomic E-state index is 12.7. The fourth-order valence-corrected chi connectivity index (χ4v) is 4.48. The van der Waals surface area contributed by atoms with Crippen molar-refractivity contribution in [1.29, 1.82) is 0 Å². The molecule has 20 heavy (non-hydrogen) atoms. The van der Waals surface area contributed by atoms with Gasteiger partial charge in [-0.15, -0.1) is 0 Å². The van der Waals surface area contributed by atoms with Gasteiger partial charge >= 0.3 is 0 Å². The van der Waals surface area contributed by atoms with Crippen molar-refractivity contribution in [2.24, 2.45) is 5.92 Å². The molecule has 0 amide bonds. The quantitative estimate of drug-likeness (QED) is 0.853. The molecule has 2 fully saturated rings. The minimum atomic E-state index is -1.33. The van der Waals surface area contributed by atoms with E-state index in [4.69, 9.17) is 9.47 Å². The molecule has 2 unspecified atom stereocenters. The third-order valence-electron chi connectivity index (χ3n) is 3.91. The minimum absolute atomic E-state index is 0.0630. The molecule has 1 saturated carbocycles. The first-order chi connectivity index (χ1) is 9.66. The van der Waals surface area contributed by atoms with Gasteiger partial charge in [-0.1, -0.05) is 17.7 Å². The first-order valence-corrected chi connectivity index (χ1v) is 8.11. The van der Waals surface area contributed by atoms with Gasteiger partial charge in [0.25, 0.3) is 0 Å². The van der Waals surface area contributed by atoms with Gasteiger partial charge in [-0.3, -0.25) is 9.00 Å². The summed E-state index contributed by atoms with van der Waals surface area (Å²) in [7, 11) is -1.33. The van der Waals surface area contributed by atoms with E-state index in [1.165, 1.54) is 0 Å². The molecule has 3 rings (SSSR count). The van der Waals surface area contributed by atoms with E-state index in [9.17, 15) is 9.00 Å². The Morgan fingerprint density at radius 1 is 1.15 bits per heavy atom. The highest BCUT2D eigenvalue weighted by Crippen LogP contribution is 2.35. The fourth-order valence-electron chi connectivity index (χ4n) is 2.84. The van der Waals surface area contributed by atoms with Crippen molar-refractivity contribution in [3.8, 4) is 0 Å². The molecule has 0 radical (unpaired) electrons. The summed E-state index contributed by atoms with van der Waals surface area (Å²) in [5.74, 6) is -0.0276. The second-order valence-electron chi connectivity index (χ2n) is 5.31. The Morgan fingerprint density at radius 3 is 2.45 bits per heavy atom. The lowest BCUT2D eigenvalue weighted by atomic mass is 10.1. The van der Waals surface area contributed by atoms with Crippen molar-refractivity contribution in [3.63, 3.8) is 0 Å². The van der Waals surface area contributed by atoms with Gasteiger partial charge in [-0.25, -0.2) is 0 Å². The van der Waals surface area contributed by atoms with E-state index < -0.39 is 16.0 Å². The van der Waals surface area contributed by atoms with Crippen LogP contribution in [-0.2, 0) is 25.1 Å². The van der Waals surface area contributed by atoms with E-state index in [1.807, 2.05) is 31.2 Å². The Labute approximate surface area is 120 Å². The van der Waals surface area contributed by atoms with Crippen LogP contribution in [0, 0.1) is 12.8 Å². The highest BCUT2D eigenvalue weighted by molar-refractivity contribution is 7.86. The van der Waals surface area contributed by atoms with Crippen molar-refractivity contribution in [2.45, 2.75) is 36.2 Å². The highest BCUT2D eigenvalue weighted by atomic mass is 32.2. The van der Waals surface area contributed by atoms with Gasteiger partial charge in [0.2, 0.25) is 0 Å². The third kappa shape index (κ3) is 2.57. The summed E-state index contributed by atoms with van der Waals surface area (Å²) >= 11 is 0. The fraction of sp³-hybridized carbons (Fsp3) is 0.533. The number of hydrogen-bond donors (Lipinski definition) is 0. The SMILES string of the molecule is Cc1ccc(S(=O)C2C(=O)CC[C@H]2C2OCCO2)cc1. The lowest BCUT2D eigenvalue weighted by Crippen LogP contribution is -2.35. The lowest BCUT2D eigenvalue weighted by Gasteiger charge is -2.22. The Balaban J connectivity index is 1.83. The summed E-state index contributed by atoms with van der Waals surface area (Å²) in [5, 5.41) is -0.499. The number of rotatable bonds is 3. The van der Waals surface area contributed by atoms with Crippen LogP contribution in [0.15, 0.2) is 29.2 Å². The van der Waals surface area contributed by atoms with Gasteiger partial charge < -0.3 is 9.47 Å².